The molecule has 0 saturated heterocycles. The third-order valence-electron chi connectivity index (χ3n) is 9.20. The second-order valence-electron chi connectivity index (χ2n) is 13.5. The van der Waals surface area contributed by atoms with Crippen LogP contribution >= 0.6 is 0 Å². The maximum atomic E-state index is 2.51. The van der Waals surface area contributed by atoms with Crippen molar-refractivity contribution in [3.05, 3.63) is 191 Å². The summed E-state index contributed by atoms with van der Waals surface area (Å²) in [4.78, 5) is 5.02. The first-order chi connectivity index (χ1) is 23.4. The molecule has 2 heteroatoms. The normalized spacial score (nSPS) is 11.2. The van der Waals surface area contributed by atoms with Crippen LogP contribution in [0.25, 0.3) is 11.1 Å². The highest BCUT2D eigenvalue weighted by Crippen LogP contribution is 2.39. The predicted octanol–water partition coefficient (Wildman–Crippen LogP) is 12.0. The number of hydrogen-bond acceptors (Lipinski definition) is 2. The van der Waals surface area contributed by atoms with Crippen molar-refractivity contribution >= 4 is 11.4 Å². The molecule has 6 rings (SSSR count). The molecule has 242 valence electrons. The molecule has 6 aromatic carbocycles. The molecule has 0 aliphatic heterocycles. The van der Waals surface area contributed by atoms with Crippen molar-refractivity contribution in [2.75, 3.05) is 9.80 Å². The van der Waals surface area contributed by atoms with Gasteiger partial charge in [0.15, 0.2) is 0 Å². The van der Waals surface area contributed by atoms with E-state index in [0.29, 0.717) is 11.8 Å². The van der Waals surface area contributed by atoms with E-state index in [1.54, 1.807) is 0 Å². The Balaban J connectivity index is 1.38. The second kappa shape index (κ2) is 15.7. The van der Waals surface area contributed by atoms with E-state index in [1.165, 1.54) is 55.9 Å². The Bertz CT molecular complexity index is 1640. The van der Waals surface area contributed by atoms with Crippen molar-refractivity contribution < 1.29 is 0 Å². The van der Waals surface area contributed by atoms with E-state index < -0.39 is 0 Å². The van der Waals surface area contributed by atoms with E-state index in [0.717, 1.165) is 26.2 Å². The number of rotatable bonds is 13. The van der Waals surface area contributed by atoms with Gasteiger partial charge in [-0.1, -0.05) is 161 Å². The molecule has 0 spiro atoms. The van der Waals surface area contributed by atoms with Crippen LogP contribution in [0.1, 0.15) is 72.9 Å². The summed E-state index contributed by atoms with van der Waals surface area (Å²) in [6.45, 7) is 12.7. The summed E-state index contributed by atoms with van der Waals surface area (Å²) in [5, 5.41) is 0. The van der Waals surface area contributed by atoms with Crippen molar-refractivity contribution in [1.82, 2.24) is 0 Å². The van der Waals surface area contributed by atoms with Gasteiger partial charge in [-0.25, -0.2) is 0 Å². The fourth-order valence-corrected chi connectivity index (χ4v) is 6.63. The lowest BCUT2D eigenvalue weighted by Crippen LogP contribution is -2.22. The van der Waals surface area contributed by atoms with Gasteiger partial charge in [0.1, 0.15) is 0 Å². The lowest BCUT2D eigenvalue weighted by molar-refractivity contribution is 0.792. The van der Waals surface area contributed by atoms with Gasteiger partial charge in [-0.3, -0.25) is 0 Å². The highest BCUT2D eigenvalue weighted by molar-refractivity contribution is 5.76. The summed E-state index contributed by atoms with van der Waals surface area (Å²) >= 11 is 0. The summed E-state index contributed by atoms with van der Waals surface area (Å²) in [5.41, 5.74) is 13.2. The first kappa shape index (κ1) is 32.8. The summed E-state index contributed by atoms with van der Waals surface area (Å²) in [6, 6.07) is 57.6. The Morgan fingerprint density at radius 1 is 0.354 bits per heavy atom. The number of anilines is 2. The molecule has 48 heavy (non-hydrogen) atoms. The van der Waals surface area contributed by atoms with Crippen molar-refractivity contribution in [3.8, 4) is 11.1 Å². The maximum absolute atomic E-state index is 2.51. The summed E-state index contributed by atoms with van der Waals surface area (Å²) in [7, 11) is 0. The smallest absolute Gasteiger partial charge is 0.0433 e. The maximum Gasteiger partial charge on any atom is 0.0433 e. The Hall–Kier alpha value is -5.08. The highest BCUT2D eigenvalue weighted by Gasteiger charge is 2.19. The van der Waals surface area contributed by atoms with E-state index in [-0.39, 0.29) is 0 Å². The van der Waals surface area contributed by atoms with Crippen LogP contribution in [-0.4, -0.2) is 0 Å². The highest BCUT2D eigenvalue weighted by atomic mass is 15.1. The minimum Gasteiger partial charge on any atom is -0.363 e. The molecule has 0 N–H and O–H groups in total. The van der Waals surface area contributed by atoms with Crippen molar-refractivity contribution in [2.24, 2.45) is 0 Å². The summed E-state index contributed by atoms with van der Waals surface area (Å²) < 4.78 is 0. The third kappa shape index (κ3) is 8.25. The molecule has 0 radical (unpaired) electrons. The van der Waals surface area contributed by atoms with E-state index in [2.05, 4.69) is 195 Å². The predicted molar refractivity (Wildman–Crippen MR) is 206 cm³/mol. The van der Waals surface area contributed by atoms with Crippen LogP contribution in [0.15, 0.2) is 158 Å². The van der Waals surface area contributed by atoms with Crippen LogP contribution in [0.4, 0.5) is 11.4 Å². The van der Waals surface area contributed by atoms with Crippen molar-refractivity contribution in [2.45, 2.75) is 65.7 Å². The van der Waals surface area contributed by atoms with E-state index >= 15 is 0 Å². The van der Waals surface area contributed by atoms with E-state index in [9.17, 15) is 0 Å². The molecule has 0 aliphatic rings. The van der Waals surface area contributed by atoms with E-state index in [1.807, 2.05) is 0 Å². The molecule has 0 atom stereocenters. The molecule has 0 amide bonds. The molecule has 0 heterocycles. The summed E-state index contributed by atoms with van der Waals surface area (Å²) in [5.74, 6) is 0.755. The minimum absolute atomic E-state index is 0.377. The second-order valence-corrected chi connectivity index (χ2v) is 13.5. The van der Waals surface area contributed by atoms with Gasteiger partial charge in [-0.05, 0) is 80.6 Å². The molecule has 0 aliphatic carbocycles. The van der Waals surface area contributed by atoms with Gasteiger partial charge < -0.3 is 9.80 Å². The zero-order valence-electron chi connectivity index (χ0n) is 28.9. The molecule has 0 aromatic heterocycles. The average Bonchev–Trinajstić information content (AvgIpc) is 3.12. The fraction of sp³-hybridized carbons (Fsp3) is 0.217. The van der Waals surface area contributed by atoms with Crippen LogP contribution in [0.3, 0.4) is 0 Å². The quantitative estimate of drug-likeness (QED) is 0.126. The SMILES string of the molecule is CC(C)c1cc(N(Cc2ccccc2)Cc2ccccc2)ccc1-c1ccc(N(Cc2ccccc2)Cc2ccccc2)cc1C(C)C. The Labute approximate surface area is 288 Å². The molecule has 0 bridgehead atoms. The largest absolute Gasteiger partial charge is 0.363 e. The Kier molecular flexibility index (Phi) is 10.7. The summed E-state index contributed by atoms with van der Waals surface area (Å²) in [6.07, 6.45) is 0. The zero-order valence-corrected chi connectivity index (χ0v) is 28.9. The van der Waals surface area contributed by atoms with Gasteiger partial charge in [-0.2, -0.15) is 0 Å². The van der Waals surface area contributed by atoms with Crippen molar-refractivity contribution in [1.29, 1.82) is 0 Å². The Morgan fingerprint density at radius 3 is 0.875 bits per heavy atom. The molecule has 2 nitrogen and oxygen atoms in total. The van der Waals surface area contributed by atoms with E-state index in [4.69, 9.17) is 0 Å². The number of nitrogens with zero attached hydrogens (tertiary/aromatic N) is 2. The van der Waals surface area contributed by atoms with Crippen LogP contribution in [0, 0.1) is 0 Å². The van der Waals surface area contributed by atoms with Gasteiger partial charge in [0, 0.05) is 37.6 Å². The fourth-order valence-electron chi connectivity index (χ4n) is 6.63. The molecule has 0 saturated carbocycles. The first-order valence-electron chi connectivity index (χ1n) is 17.4. The molecular formula is C46H48N2. The van der Waals surface area contributed by atoms with Crippen LogP contribution in [0.2, 0.25) is 0 Å². The average molecular weight is 629 g/mol. The van der Waals surface area contributed by atoms with Gasteiger partial charge in [-0.15, -0.1) is 0 Å². The molecule has 0 unspecified atom stereocenters. The third-order valence-corrected chi connectivity index (χ3v) is 9.20. The lowest BCUT2D eigenvalue weighted by Gasteiger charge is -2.29. The number of hydrogen-bond donors (Lipinski definition) is 0. The minimum atomic E-state index is 0.377. The van der Waals surface area contributed by atoms with Crippen molar-refractivity contribution in [3.63, 3.8) is 0 Å². The van der Waals surface area contributed by atoms with Crippen LogP contribution in [0.5, 0.6) is 0 Å². The standard InChI is InChI=1S/C46H48N2/c1-35(2)45-29-41(47(31-37-17-9-5-10-18-37)32-38-19-11-6-12-20-38)25-27-43(45)44-28-26-42(30-46(44)36(3)4)48(33-39-21-13-7-14-22-39)34-40-23-15-8-16-24-40/h5-30,35-36H,31-34H2,1-4H3. The van der Waals surface area contributed by atoms with Gasteiger partial charge >= 0.3 is 0 Å². The Morgan fingerprint density at radius 2 is 0.625 bits per heavy atom. The molecular weight excluding hydrogens is 581 g/mol. The first-order valence-corrected chi connectivity index (χ1v) is 17.4. The lowest BCUT2D eigenvalue weighted by atomic mass is 9.86. The van der Waals surface area contributed by atoms with Gasteiger partial charge in [0.2, 0.25) is 0 Å². The zero-order chi connectivity index (χ0) is 33.3. The van der Waals surface area contributed by atoms with Gasteiger partial charge in [0.05, 0.1) is 0 Å². The monoisotopic (exact) mass is 628 g/mol. The van der Waals surface area contributed by atoms with Crippen LogP contribution < -0.4 is 9.80 Å². The molecule has 0 fully saturated rings. The number of benzene rings is 6. The molecule has 6 aromatic rings. The topological polar surface area (TPSA) is 6.48 Å². The van der Waals surface area contributed by atoms with Crippen LogP contribution in [-0.2, 0) is 26.2 Å². The van der Waals surface area contributed by atoms with Gasteiger partial charge in [0.25, 0.3) is 0 Å².